The van der Waals surface area contributed by atoms with Crippen molar-refractivity contribution < 1.29 is 44.9 Å². The highest BCUT2D eigenvalue weighted by atomic mass is 16.4. The van der Waals surface area contributed by atoms with Crippen molar-refractivity contribution in [2.24, 2.45) is 23.7 Å². The summed E-state index contributed by atoms with van der Waals surface area (Å²) in [6, 6.07) is 15.0. The number of nitrogens with two attached hydrogens (primary N) is 1. The van der Waals surface area contributed by atoms with Crippen molar-refractivity contribution in [3.8, 4) is 0 Å². The van der Waals surface area contributed by atoms with Crippen molar-refractivity contribution in [1.82, 2.24) is 0 Å². The molecule has 9 nitrogen and oxygen atoms in total. The average molecular weight is 422 g/mol. The molecule has 0 amide bonds. The van der Waals surface area contributed by atoms with Crippen LogP contribution < -0.4 is 25.7 Å². The molecule has 9 heteroatoms. The normalized spacial score (nSPS) is 33.7. The van der Waals surface area contributed by atoms with E-state index in [9.17, 15) is 39.6 Å². The second-order valence-electron chi connectivity index (χ2n) is 7.93. The van der Waals surface area contributed by atoms with Gasteiger partial charge >= 0.3 is 0 Å². The maximum Gasteiger partial charge on any atom is 0.140 e. The number of carboxylic acids is 4. The van der Waals surface area contributed by atoms with Gasteiger partial charge in [0.15, 0.2) is 0 Å². The Hall–Kier alpha value is -3.72. The Morgan fingerprint density at radius 2 is 0.806 bits per heavy atom. The Bertz CT molecular complexity index is 942. The van der Waals surface area contributed by atoms with Gasteiger partial charge in [-0.3, -0.25) is 0 Å². The number of hydrogen-bond donors (Lipinski definition) is 1. The number of quaternary nitrogens is 1. The summed E-state index contributed by atoms with van der Waals surface area (Å²) in [7, 11) is 0. The lowest BCUT2D eigenvalue weighted by molar-refractivity contribution is -0.772. The molecule has 2 aromatic rings. The molecular formula is C22H16NO8-3. The molecule has 160 valence electrons. The fourth-order valence-corrected chi connectivity index (χ4v) is 5.91. The second-order valence-corrected chi connectivity index (χ2v) is 7.93. The molecule has 2 N–H and O–H groups in total. The first kappa shape index (κ1) is 20.5. The van der Waals surface area contributed by atoms with E-state index in [2.05, 4.69) is 0 Å². The van der Waals surface area contributed by atoms with E-state index in [4.69, 9.17) is 0 Å². The highest BCUT2D eigenvalue weighted by Gasteiger charge is 2.80. The molecule has 2 fully saturated rings. The van der Waals surface area contributed by atoms with Crippen LogP contribution >= 0.6 is 0 Å². The fourth-order valence-electron chi connectivity index (χ4n) is 5.91. The minimum Gasteiger partial charge on any atom is -0.550 e. The van der Waals surface area contributed by atoms with Crippen LogP contribution in [-0.4, -0.2) is 23.9 Å². The maximum absolute atomic E-state index is 12.3. The minimum absolute atomic E-state index is 0.131. The summed E-state index contributed by atoms with van der Waals surface area (Å²) in [6.45, 7) is 0. The zero-order chi connectivity index (χ0) is 22.6. The van der Waals surface area contributed by atoms with E-state index in [1.54, 1.807) is 12.1 Å². The van der Waals surface area contributed by atoms with E-state index in [0.717, 1.165) is 0 Å². The van der Waals surface area contributed by atoms with Gasteiger partial charge in [-0.15, -0.1) is 0 Å². The lowest BCUT2D eigenvalue weighted by atomic mass is 9.54. The van der Waals surface area contributed by atoms with Crippen LogP contribution in [0, 0.1) is 23.7 Å². The summed E-state index contributed by atoms with van der Waals surface area (Å²) in [5, 5.41) is 50.4. The van der Waals surface area contributed by atoms with E-state index in [-0.39, 0.29) is 11.1 Å². The zero-order valence-corrected chi connectivity index (χ0v) is 15.9. The molecule has 0 radical (unpaired) electrons. The average Bonchev–Trinajstić information content (AvgIpc) is 3.24. The molecule has 0 aliphatic carbocycles. The topological polar surface area (TPSA) is 177 Å². The number of carbonyl (C=O) groups excluding carboxylic acids is 4. The maximum atomic E-state index is 12.3. The molecule has 2 heterocycles. The van der Waals surface area contributed by atoms with Gasteiger partial charge in [0, 0.05) is 11.1 Å². The van der Waals surface area contributed by atoms with E-state index < -0.39 is 58.6 Å². The second kappa shape index (κ2) is 6.92. The molecule has 2 aliphatic rings. The van der Waals surface area contributed by atoms with Crippen molar-refractivity contribution in [2.45, 2.75) is 11.1 Å². The summed E-state index contributed by atoms with van der Waals surface area (Å²) in [4.78, 5) is 49.2. The summed E-state index contributed by atoms with van der Waals surface area (Å²) >= 11 is 0. The van der Waals surface area contributed by atoms with E-state index in [1.807, 2.05) is 0 Å². The fraction of sp³-hybridized carbons (Fsp3) is 0.273. The number of rotatable bonds is 6. The van der Waals surface area contributed by atoms with Crippen LogP contribution in [-0.2, 0) is 30.3 Å². The van der Waals surface area contributed by atoms with Crippen LogP contribution in [0.25, 0.3) is 0 Å². The number of carboxylic acid groups (broad SMARTS) is 4. The SMILES string of the molecule is O=C([O-])[C@@H]1[C@H](C(=O)[O-])C2(c3ccccc3)[NH2+]C1(c1ccccc1)[C@@H](C(=O)[O-])[C@H]2C(=O)[O-]. The van der Waals surface area contributed by atoms with Crippen molar-refractivity contribution in [3.05, 3.63) is 71.8 Å². The van der Waals surface area contributed by atoms with Gasteiger partial charge in [-0.1, -0.05) is 60.7 Å². The van der Waals surface area contributed by atoms with Crippen LogP contribution in [0.15, 0.2) is 60.7 Å². The number of benzene rings is 2. The Labute approximate surface area is 175 Å². The van der Waals surface area contributed by atoms with Crippen LogP contribution in [0.1, 0.15) is 11.1 Å². The third kappa shape index (κ3) is 2.53. The van der Waals surface area contributed by atoms with E-state index >= 15 is 0 Å². The van der Waals surface area contributed by atoms with Crippen molar-refractivity contribution in [1.29, 1.82) is 0 Å². The van der Waals surface area contributed by atoms with Gasteiger partial charge < -0.3 is 44.9 Å². The van der Waals surface area contributed by atoms with Crippen molar-refractivity contribution >= 4 is 23.9 Å². The first-order valence-electron chi connectivity index (χ1n) is 9.51. The minimum atomic E-state index is -2.04. The lowest BCUT2D eigenvalue weighted by Crippen LogP contribution is -2.98. The predicted molar refractivity (Wildman–Crippen MR) is 92.2 cm³/mol. The van der Waals surface area contributed by atoms with E-state index in [0.29, 0.717) is 0 Å². The van der Waals surface area contributed by atoms with Crippen LogP contribution in [0.2, 0.25) is 0 Å². The first-order chi connectivity index (χ1) is 14.7. The zero-order valence-electron chi connectivity index (χ0n) is 15.9. The predicted octanol–water partition coefficient (Wildman–Crippen LogP) is -5.17. The monoisotopic (exact) mass is 422 g/mol. The van der Waals surface area contributed by atoms with Gasteiger partial charge in [-0.05, 0) is 0 Å². The molecule has 2 aliphatic heterocycles. The Morgan fingerprint density at radius 1 is 0.548 bits per heavy atom. The summed E-state index contributed by atoms with van der Waals surface area (Å²) in [5.74, 6) is -15.0. The molecule has 2 bridgehead atoms. The summed E-state index contributed by atoms with van der Waals surface area (Å²) in [5.41, 5.74) is -3.81. The summed E-state index contributed by atoms with van der Waals surface area (Å²) < 4.78 is 0. The van der Waals surface area contributed by atoms with Crippen molar-refractivity contribution in [2.75, 3.05) is 0 Å². The molecule has 2 aromatic carbocycles. The Balaban J connectivity index is 2.16. The Kier molecular flexibility index (Phi) is 4.58. The molecule has 2 unspecified atom stereocenters. The van der Waals surface area contributed by atoms with E-state index in [1.165, 1.54) is 53.8 Å². The van der Waals surface area contributed by atoms with Crippen molar-refractivity contribution in [3.63, 3.8) is 0 Å². The molecule has 4 rings (SSSR count). The van der Waals surface area contributed by atoms with Crippen LogP contribution in [0.4, 0.5) is 0 Å². The number of fused-ring (bicyclic) bond motifs is 2. The molecular weight excluding hydrogens is 406 g/mol. The third-order valence-corrected chi connectivity index (χ3v) is 6.77. The molecule has 6 atom stereocenters. The number of aliphatic carboxylic acids is 4. The molecule has 0 spiro atoms. The molecule has 2 saturated heterocycles. The van der Waals surface area contributed by atoms with Crippen LogP contribution in [0.3, 0.4) is 0 Å². The smallest absolute Gasteiger partial charge is 0.140 e. The van der Waals surface area contributed by atoms with Crippen LogP contribution in [0.5, 0.6) is 0 Å². The van der Waals surface area contributed by atoms with Gasteiger partial charge in [0.25, 0.3) is 0 Å². The van der Waals surface area contributed by atoms with Gasteiger partial charge in [-0.2, -0.15) is 0 Å². The number of hydrogen-bond acceptors (Lipinski definition) is 8. The quantitative estimate of drug-likeness (QED) is 0.480. The van der Waals surface area contributed by atoms with Gasteiger partial charge in [0.2, 0.25) is 0 Å². The number of carbonyl (C=O) groups is 4. The highest BCUT2D eigenvalue weighted by molar-refractivity contribution is 5.89. The third-order valence-electron chi connectivity index (χ3n) is 6.77. The van der Waals surface area contributed by atoms with Gasteiger partial charge in [0.05, 0.1) is 47.5 Å². The molecule has 31 heavy (non-hydrogen) atoms. The molecule has 0 aromatic heterocycles. The van der Waals surface area contributed by atoms with Gasteiger partial charge in [-0.25, -0.2) is 0 Å². The lowest BCUT2D eigenvalue weighted by Gasteiger charge is -2.47. The Morgan fingerprint density at radius 3 is 1.03 bits per heavy atom. The first-order valence-corrected chi connectivity index (χ1v) is 9.51. The standard InChI is InChI=1S/C22H19NO8/c24-17(25)13-15(19(28)29)22(12-9-5-2-6-10-12)16(20(30)31)14(18(26)27)21(13,23-22)11-7-3-1-4-8-11/h1-10,13-16,23H,(H,24,25)(H,26,27)(H,28,29)(H,30,31)/p-3/t13-,14+,15+,16-,21?,22?. The largest absolute Gasteiger partial charge is 0.550 e. The summed E-state index contributed by atoms with van der Waals surface area (Å²) in [6.07, 6.45) is 0. The molecule has 0 saturated carbocycles. The highest BCUT2D eigenvalue weighted by Crippen LogP contribution is 2.60. The van der Waals surface area contributed by atoms with Gasteiger partial charge in [0.1, 0.15) is 11.1 Å².